The average Bonchev–Trinajstić information content (AvgIpc) is 3.29. The molecule has 134 valence electrons. The van der Waals surface area contributed by atoms with Gasteiger partial charge in [0.1, 0.15) is 5.75 Å². The number of carbonyl (C=O) groups excluding carboxylic acids is 1. The van der Waals surface area contributed by atoms with E-state index in [1.165, 1.54) is 30.4 Å². The van der Waals surface area contributed by atoms with Crippen LogP contribution in [-0.2, 0) is 0 Å². The summed E-state index contributed by atoms with van der Waals surface area (Å²) in [5.41, 5.74) is 3.37. The second-order valence-electron chi connectivity index (χ2n) is 7.89. The van der Waals surface area contributed by atoms with Gasteiger partial charge < -0.3 is 20.0 Å². The van der Waals surface area contributed by atoms with Crippen molar-refractivity contribution < 1.29 is 14.6 Å². The first-order valence-corrected chi connectivity index (χ1v) is 9.42. The first-order valence-electron chi connectivity index (χ1n) is 9.42. The Balaban J connectivity index is 1.66. The molecule has 0 unspecified atom stereocenters. The fourth-order valence-corrected chi connectivity index (χ4v) is 5.85. The van der Waals surface area contributed by atoms with E-state index in [1.54, 1.807) is 13.2 Å². The summed E-state index contributed by atoms with van der Waals surface area (Å²) in [6.45, 7) is 0. The lowest BCUT2D eigenvalue weighted by molar-refractivity contribution is -0.254. The Kier molecular flexibility index (Phi) is 3.49. The second-order valence-corrected chi connectivity index (χ2v) is 7.89. The summed E-state index contributed by atoms with van der Waals surface area (Å²) in [7, 11) is 1.68. The van der Waals surface area contributed by atoms with Gasteiger partial charge in [-0.05, 0) is 66.2 Å². The number of hydrogen-bond donors (Lipinski definition) is 1. The number of aromatic carboxylic acids is 1. The van der Waals surface area contributed by atoms with Crippen LogP contribution in [0.15, 0.2) is 42.5 Å². The van der Waals surface area contributed by atoms with Crippen LogP contribution >= 0.6 is 0 Å². The molecular weight excluding hydrogens is 326 g/mol. The molecule has 2 aromatic rings. The van der Waals surface area contributed by atoms with Gasteiger partial charge in [0.05, 0.1) is 19.1 Å². The molecule has 2 fully saturated rings. The summed E-state index contributed by atoms with van der Waals surface area (Å²) in [6, 6.07) is 13.9. The highest BCUT2D eigenvalue weighted by Crippen LogP contribution is 2.64. The minimum atomic E-state index is -1.11. The number of carboxylic acids is 1. The van der Waals surface area contributed by atoms with Gasteiger partial charge in [-0.3, -0.25) is 0 Å². The normalized spacial score (nSPS) is 31.0. The first-order chi connectivity index (χ1) is 12.7. The molecule has 2 saturated carbocycles. The number of fused-ring (bicyclic) bond motifs is 7. The maximum absolute atomic E-state index is 11.7. The Labute approximate surface area is 153 Å². The molecule has 0 aromatic heterocycles. The van der Waals surface area contributed by atoms with Crippen LogP contribution in [0.2, 0.25) is 0 Å². The molecule has 1 heterocycles. The van der Waals surface area contributed by atoms with Gasteiger partial charge in [0.2, 0.25) is 0 Å². The predicted molar refractivity (Wildman–Crippen MR) is 97.2 cm³/mol. The van der Waals surface area contributed by atoms with Crippen LogP contribution in [0.25, 0.3) is 0 Å². The molecule has 0 amide bonds. The topological polar surface area (TPSA) is 61.4 Å². The zero-order chi connectivity index (χ0) is 17.8. The number of anilines is 1. The molecule has 0 saturated heterocycles. The minimum absolute atomic E-state index is 0.110. The van der Waals surface area contributed by atoms with Crippen LogP contribution in [0.1, 0.15) is 52.7 Å². The van der Waals surface area contributed by atoms with E-state index >= 15 is 0 Å². The van der Waals surface area contributed by atoms with Crippen molar-refractivity contribution in [3.8, 4) is 5.75 Å². The van der Waals surface area contributed by atoms with E-state index in [1.807, 2.05) is 18.2 Å². The van der Waals surface area contributed by atoms with Crippen molar-refractivity contribution in [1.82, 2.24) is 0 Å². The molecule has 2 aliphatic carbocycles. The quantitative estimate of drug-likeness (QED) is 0.924. The summed E-state index contributed by atoms with van der Waals surface area (Å²) in [6.07, 6.45) is 3.79. The van der Waals surface area contributed by atoms with Crippen molar-refractivity contribution in [1.29, 1.82) is 0 Å². The summed E-state index contributed by atoms with van der Waals surface area (Å²) in [4.78, 5) is 11.7. The summed E-state index contributed by atoms with van der Waals surface area (Å²) in [5, 5.41) is 15.3. The van der Waals surface area contributed by atoms with E-state index in [2.05, 4.69) is 23.5 Å². The van der Waals surface area contributed by atoms with Crippen LogP contribution in [0.4, 0.5) is 5.69 Å². The van der Waals surface area contributed by atoms with E-state index in [-0.39, 0.29) is 11.6 Å². The molecule has 1 aliphatic heterocycles. The third-order valence-corrected chi connectivity index (χ3v) is 6.79. The fourth-order valence-electron chi connectivity index (χ4n) is 5.85. The molecule has 5 atom stereocenters. The van der Waals surface area contributed by atoms with E-state index in [9.17, 15) is 9.90 Å². The van der Waals surface area contributed by atoms with Gasteiger partial charge in [-0.2, -0.15) is 0 Å². The van der Waals surface area contributed by atoms with Crippen molar-refractivity contribution in [2.24, 2.45) is 17.8 Å². The van der Waals surface area contributed by atoms with Gasteiger partial charge in [0.25, 0.3) is 0 Å². The number of carbonyl (C=O) groups is 1. The standard InChI is InChI=1S/C22H23NO3/c1-26-15-5-2-4-14(11-15)20-19-13-9-8-12(10-13)18(19)16-6-3-7-17(22(24)25)21(16)23-20/h2-7,11-13,18-20,23H,8-10H2,1H3,(H,24,25)/p-1/t12-,13-,18+,19-,20+/m0/s1. The van der Waals surface area contributed by atoms with Gasteiger partial charge in [0, 0.05) is 11.3 Å². The van der Waals surface area contributed by atoms with Gasteiger partial charge in [0.15, 0.2) is 0 Å². The smallest absolute Gasteiger partial charge is 0.119 e. The second kappa shape index (κ2) is 5.76. The van der Waals surface area contributed by atoms with Gasteiger partial charge in [-0.1, -0.05) is 30.3 Å². The molecule has 4 heteroatoms. The monoisotopic (exact) mass is 348 g/mol. The van der Waals surface area contributed by atoms with Crippen molar-refractivity contribution in [2.75, 3.05) is 12.4 Å². The Hall–Kier alpha value is -2.49. The number of rotatable bonds is 3. The van der Waals surface area contributed by atoms with Crippen molar-refractivity contribution in [3.63, 3.8) is 0 Å². The molecular formula is C22H22NO3-. The lowest BCUT2D eigenvalue weighted by Gasteiger charge is -2.44. The van der Waals surface area contributed by atoms with Crippen LogP contribution < -0.4 is 15.2 Å². The molecule has 1 N–H and O–H groups in total. The molecule has 4 nitrogen and oxygen atoms in total. The predicted octanol–water partition coefficient (Wildman–Crippen LogP) is 3.36. The van der Waals surface area contributed by atoms with Gasteiger partial charge in [-0.25, -0.2) is 0 Å². The summed E-state index contributed by atoms with van der Waals surface area (Å²) >= 11 is 0. The van der Waals surface area contributed by atoms with Gasteiger partial charge in [-0.15, -0.1) is 0 Å². The summed E-state index contributed by atoms with van der Waals surface area (Å²) in [5.74, 6) is 2.03. The van der Waals surface area contributed by atoms with E-state index < -0.39 is 5.97 Å². The molecule has 2 aromatic carbocycles. The SMILES string of the molecule is COc1cccc([C@H]2Nc3c(C(=O)[O-])cccc3[C@H]3[C@H]4CC[C@@H](C4)[C@@H]32)c1. The molecule has 2 bridgehead atoms. The fraction of sp³-hybridized carbons (Fsp3) is 0.409. The Bertz CT molecular complexity index is 877. The highest BCUT2D eigenvalue weighted by atomic mass is 16.5. The summed E-state index contributed by atoms with van der Waals surface area (Å²) < 4.78 is 5.42. The van der Waals surface area contributed by atoms with Crippen LogP contribution in [0.5, 0.6) is 5.75 Å². The Morgan fingerprint density at radius 3 is 2.77 bits per heavy atom. The molecule has 0 radical (unpaired) electrons. The molecule has 26 heavy (non-hydrogen) atoms. The number of methoxy groups -OCH3 is 1. The largest absolute Gasteiger partial charge is 0.545 e. The molecule has 0 spiro atoms. The zero-order valence-corrected chi connectivity index (χ0v) is 14.8. The lowest BCUT2D eigenvalue weighted by atomic mass is 9.67. The van der Waals surface area contributed by atoms with Crippen LogP contribution in [0, 0.1) is 17.8 Å². The average molecular weight is 348 g/mol. The third-order valence-electron chi connectivity index (χ3n) is 6.79. The maximum atomic E-state index is 11.7. The van der Waals surface area contributed by atoms with Crippen LogP contribution in [0.3, 0.4) is 0 Å². The number of hydrogen-bond acceptors (Lipinski definition) is 4. The number of nitrogens with one attached hydrogen (secondary N) is 1. The number of carboxylic acid groups (broad SMARTS) is 1. The third kappa shape index (κ3) is 2.17. The number of para-hydroxylation sites is 1. The van der Waals surface area contributed by atoms with Crippen molar-refractivity contribution in [2.45, 2.75) is 31.2 Å². The van der Waals surface area contributed by atoms with E-state index in [0.717, 1.165) is 11.4 Å². The Morgan fingerprint density at radius 1 is 1.15 bits per heavy atom. The van der Waals surface area contributed by atoms with Crippen molar-refractivity contribution in [3.05, 3.63) is 59.2 Å². The number of benzene rings is 2. The highest BCUT2D eigenvalue weighted by molar-refractivity contribution is 5.94. The highest BCUT2D eigenvalue weighted by Gasteiger charge is 2.54. The van der Waals surface area contributed by atoms with E-state index in [4.69, 9.17) is 4.74 Å². The zero-order valence-electron chi connectivity index (χ0n) is 14.8. The maximum Gasteiger partial charge on any atom is 0.119 e. The van der Waals surface area contributed by atoms with Crippen LogP contribution in [-0.4, -0.2) is 13.1 Å². The van der Waals surface area contributed by atoms with Gasteiger partial charge >= 0.3 is 0 Å². The van der Waals surface area contributed by atoms with E-state index in [0.29, 0.717) is 23.7 Å². The Morgan fingerprint density at radius 2 is 1.96 bits per heavy atom. The number of ether oxygens (including phenoxy) is 1. The first kappa shape index (κ1) is 15.7. The minimum Gasteiger partial charge on any atom is -0.545 e. The molecule has 3 aliphatic rings. The lowest BCUT2D eigenvalue weighted by Crippen LogP contribution is -2.37. The van der Waals surface area contributed by atoms with Crippen molar-refractivity contribution >= 4 is 11.7 Å². The molecule has 5 rings (SSSR count).